The second-order valence-electron chi connectivity index (χ2n) is 4.77. The summed E-state index contributed by atoms with van der Waals surface area (Å²) in [5.41, 5.74) is 1.98. The SMILES string of the molecule is Cc1c[nH]c2nc(N3CCOCC3C)cc(Cl)c12. The first-order valence-corrected chi connectivity index (χ1v) is 6.53. The molecule has 0 spiro atoms. The predicted octanol–water partition coefficient (Wildman–Crippen LogP) is 2.75. The van der Waals surface area contributed by atoms with Crippen molar-refractivity contribution in [3.05, 3.63) is 22.8 Å². The summed E-state index contributed by atoms with van der Waals surface area (Å²) >= 11 is 6.36. The minimum Gasteiger partial charge on any atom is -0.377 e. The number of rotatable bonds is 1. The van der Waals surface area contributed by atoms with Crippen LogP contribution in [0.5, 0.6) is 0 Å². The third-order valence-electron chi connectivity index (χ3n) is 3.44. The number of hydrogen-bond donors (Lipinski definition) is 1. The van der Waals surface area contributed by atoms with Crippen molar-refractivity contribution in [2.24, 2.45) is 0 Å². The van der Waals surface area contributed by atoms with Crippen molar-refractivity contribution in [1.29, 1.82) is 0 Å². The van der Waals surface area contributed by atoms with E-state index in [1.165, 1.54) is 0 Å². The van der Waals surface area contributed by atoms with E-state index in [1.807, 2.05) is 19.2 Å². The molecule has 1 aliphatic rings. The molecule has 3 heterocycles. The molecule has 18 heavy (non-hydrogen) atoms. The Morgan fingerprint density at radius 1 is 1.56 bits per heavy atom. The molecule has 0 bridgehead atoms. The number of hydrogen-bond acceptors (Lipinski definition) is 3. The lowest BCUT2D eigenvalue weighted by Gasteiger charge is -2.34. The number of halogens is 1. The smallest absolute Gasteiger partial charge is 0.141 e. The van der Waals surface area contributed by atoms with E-state index >= 15 is 0 Å². The molecule has 2 aromatic rings. The molecule has 5 heteroatoms. The van der Waals surface area contributed by atoms with Crippen LogP contribution < -0.4 is 4.90 Å². The lowest BCUT2D eigenvalue weighted by molar-refractivity contribution is 0.0985. The standard InChI is InChI=1S/C13H16ClN3O/c1-8-6-15-13-12(8)10(14)5-11(16-13)17-3-4-18-7-9(17)2/h5-6,9H,3-4,7H2,1-2H3,(H,15,16). The van der Waals surface area contributed by atoms with Crippen LogP contribution in [0.25, 0.3) is 11.0 Å². The van der Waals surface area contributed by atoms with Gasteiger partial charge in [-0.05, 0) is 19.4 Å². The Labute approximate surface area is 111 Å². The highest BCUT2D eigenvalue weighted by atomic mass is 35.5. The molecule has 96 valence electrons. The van der Waals surface area contributed by atoms with Crippen molar-refractivity contribution in [1.82, 2.24) is 9.97 Å². The van der Waals surface area contributed by atoms with Gasteiger partial charge in [0.2, 0.25) is 0 Å². The van der Waals surface area contributed by atoms with Gasteiger partial charge in [0.15, 0.2) is 0 Å². The van der Waals surface area contributed by atoms with E-state index in [2.05, 4.69) is 21.8 Å². The molecule has 0 radical (unpaired) electrons. The molecule has 1 N–H and O–H groups in total. The van der Waals surface area contributed by atoms with Crippen molar-refractivity contribution in [2.45, 2.75) is 19.9 Å². The van der Waals surface area contributed by atoms with Crippen LogP contribution >= 0.6 is 11.6 Å². The van der Waals surface area contributed by atoms with E-state index in [1.54, 1.807) is 0 Å². The number of nitrogens with zero attached hydrogens (tertiary/aromatic N) is 2. The summed E-state index contributed by atoms with van der Waals surface area (Å²) in [5, 5.41) is 1.77. The second kappa shape index (κ2) is 4.44. The summed E-state index contributed by atoms with van der Waals surface area (Å²) in [6.07, 6.45) is 1.94. The fourth-order valence-corrected chi connectivity index (χ4v) is 2.78. The first-order valence-electron chi connectivity index (χ1n) is 6.15. The monoisotopic (exact) mass is 265 g/mol. The highest BCUT2D eigenvalue weighted by Gasteiger charge is 2.21. The third-order valence-corrected chi connectivity index (χ3v) is 3.74. The molecule has 0 aromatic carbocycles. The molecule has 1 atom stereocenters. The first kappa shape index (κ1) is 11.8. The van der Waals surface area contributed by atoms with E-state index < -0.39 is 0 Å². The summed E-state index contributed by atoms with van der Waals surface area (Å²) in [5.74, 6) is 0.921. The number of ether oxygens (including phenoxy) is 1. The number of nitrogens with one attached hydrogen (secondary N) is 1. The Hall–Kier alpha value is -1.26. The van der Waals surface area contributed by atoms with Crippen LogP contribution in [-0.2, 0) is 4.74 Å². The molecule has 0 amide bonds. The fraction of sp³-hybridized carbons (Fsp3) is 0.462. The highest BCUT2D eigenvalue weighted by Crippen LogP contribution is 2.30. The van der Waals surface area contributed by atoms with Crippen LogP contribution in [0.15, 0.2) is 12.3 Å². The molecule has 1 unspecified atom stereocenters. The van der Waals surface area contributed by atoms with Crippen LogP contribution in [0.1, 0.15) is 12.5 Å². The average Bonchev–Trinajstić information content (AvgIpc) is 2.72. The zero-order valence-corrected chi connectivity index (χ0v) is 11.3. The highest BCUT2D eigenvalue weighted by molar-refractivity contribution is 6.35. The van der Waals surface area contributed by atoms with Gasteiger partial charge in [0.25, 0.3) is 0 Å². The molecule has 1 saturated heterocycles. The Bertz CT molecular complexity index is 581. The molecule has 0 aliphatic carbocycles. The quantitative estimate of drug-likeness (QED) is 0.862. The summed E-state index contributed by atoms with van der Waals surface area (Å²) in [6, 6.07) is 2.28. The Morgan fingerprint density at radius 2 is 2.39 bits per heavy atom. The zero-order valence-electron chi connectivity index (χ0n) is 10.5. The molecule has 1 fully saturated rings. The van der Waals surface area contributed by atoms with Crippen LogP contribution in [-0.4, -0.2) is 35.8 Å². The number of aromatic amines is 1. The number of pyridine rings is 1. The number of morpholine rings is 1. The third kappa shape index (κ3) is 1.85. The van der Waals surface area contributed by atoms with Gasteiger partial charge >= 0.3 is 0 Å². The van der Waals surface area contributed by atoms with Crippen molar-refractivity contribution in [3.8, 4) is 0 Å². The summed E-state index contributed by atoms with van der Waals surface area (Å²) in [6.45, 7) is 6.50. The molecule has 4 nitrogen and oxygen atoms in total. The van der Waals surface area contributed by atoms with E-state index in [-0.39, 0.29) is 0 Å². The lowest BCUT2D eigenvalue weighted by atomic mass is 10.2. The number of fused-ring (bicyclic) bond motifs is 1. The van der Waals surface area contributed by atoms with Gasteiger partial charge in [-0.15, -0.1) is 0 Å². The van der Waals surface area contributed by atoms with Gasteiger partial charge in [-0.3, -0.25) is 0 Å². The largest absolute Gasteiger partial charge is 0.377 e. The number of H-pyrrole nitrogens is 1. The van der Waals surface area contributed by atoms with Crippen LogP contribution in [0.4, 0.5) is 5.82 Å². The van der Waals surface area contributed by atoms with Gasteiger partial charge in [-0.1, -0.05) is 11.6 Å². The van der Waals surface area contributed by atoms with Crippen molar-refractivity contribution in [2.75, 3.05) is 24.7 Å². The number of aromatic nitrogens is 2. The number of aryl methyl sites for hydroxylation is 1. The predicted molar refractivity (Wildman–Crippen MR) is 73.5 cm³/mol. The molecule has 3 rings (SSSR count). The topological polar surface area (TPSA) is 41.2 Å². The van der Waals surface area contributed by atoms with E-state index in [0.717, 1.165) is 47.2 Å². The maximum absolute atomic E-state index is 6.36. The molecule has 2 aromatic heterocycles. The van der Waals surface area contributed by atoms with Crippen molar-refractivity contribution >= 4 is 28.5 Å². The second-order valence-corrected chi connectivity index (χ2v) is 5.18. The van der Waals surface area contributed by atoms with Gasteiger partial charge in [0, 0.05) is 24.2 Å². The van der Waals surface area contributed by atoms with E-state index in [9.17, 15) is 0 Å². The number of anilines is 1. The molecule has 0 saturated carbocycles. The maximum atomic E-state index is 6.36. The van der Waals surface area contributed by atoms with E-state index in [0.29, 0.717) is 6.04 Å². The Balaban J connectivity index is 2.07. The van der Waals surface area contributed by atoms with E-state index in [4.69, 9.17) is 16.3 Å². The molecule has 1 aliphatic heterocycles. The summed E-state index contributed by atoms with van der Waals surface area (Å²) in [4.78, 5) is 10.1. The van der Waals surface area contributed by atoms with Gasteiger partial charge in [0.1, 0.15) is 11.5 Å². The van der Waals surface area contributed by atoms with Gasteiger partial charge < -0.3 is 14.6 Å². The molecular formula is C13H16ClN3O. The Kier molecular flexibility index (Phi) is 2.92. The van der Waals surface area contributed by atoms with Gasteiger partial charge in [0.05, 0.1) is 24.3 Å². The normalized spacial score (nSPS) is 20.6. The van der Waals surface area contributed by atoms with Crippen LogP contribution in [0, 0.1) is 6.92 Å². The minimum atomic E-state index is 0.329. The maximum Gasteiger partial charge on any atom is 0.141 e. The van der Waals surface area contributed by atoms with Crippen LogP contribution in [0.2, 0.25) is 5.02 Å². The molecular weight excluding hydrogens is 250 g/mol. The minimum absolute atomic E-state index is 0.329. The summed E-state index contributed by atoms with van der Waals surface area (Å²) < 4.78 is 5.45. The van der Waals surface area contributed by atoms with Gasteiger partial charge in [-0.25, -0.2) is 4.98 Å². The lowest BCUT2D eigenvalue weighted by Crippen LogP contribution is -2.44. The zero-order chi connectivity index (χ0) is 12.7. The summed E-state index contributed by atoms with van der Waals surface area (Å²) in [7, 11) is 0. The van der Waals surface area contributed by atoms with Crippen molar-refractivity contribution in [3.63, 3.8) is 0 Å². The van der Waals surface area contributed by atoms with Crippen LogP contribution in [0.3, 0.4) is 0 Å². The average molecular weight is 266 g/mol. The first-order chi connectivity index (χ1) is 8.66. The van der Waals surface area contributed by atoms with Gasteiger partial charge in [-0.2, -0.15) is 0 Å². The fourth-order valence-electron chi connectivity index (χ4n) is 2.44. The van der Waals surface area contributed by atoms with Crippen molar-refractivity contribution < 1.29 is 4.74 Å². The Morgan fingerprint density at radius 3 is 3.17 bits per heavy atom.